The molecule has 0 unspecified atom stereocenters. The first-order valence-electron chi connectivity index (χ1n) is 11.7. The fraction of sp³-hybridized carbons (Fsp3) is 0.385. The van der Waals surface area contributed by atoms with Crippen LogP contribution in [0.5, 0.6) is 5.75 Å². The molecule has 0 aliphatic carbocycles. The van der Waals surface area contributed by atoms with E-state index in [2.05, 4.69) is 10.9 Å². The molecule has 2 aromatic rings. The van der Waals surface area contributed by atoms with Crippen molar-refractivity contribution in [1.29, 1.82) is 0 Å². The van der Waals surface area contributed by atoms with Gasteiger partial charge in [0.2, 0.25) is 11.8 Å². The Morgan fingerprint density at radius 1 is 1.09 bits per heavy atom. The minimum atomic E-state index is -0.833. The quantitative estimate of drug-likeness (QED) is 0.621. The standard InChI is InChI=1S/C26H30N4O5/c1-16-8-7-11-21(17(16)2)35-18(3)24(33)28-27-22(31)13-15-29-25(34)19-9-5-6-10-20(19)30-23(32)12-14-26(29,30)4/h5-11,18H,12-15H2,1-4H3,(H,27,31)(H,28,33)/t18-,26-/m1/s1. The van der Waals surface area contributed by atoms with E-state index in [0.29, 0.717) is 29.8 Å². The lowest BCUT2D eigenvalue weighted by Gasteiger charge is -2.48. The molecule has 184 valence electrons. The monoisotopic (exact) mass is 478 g/mol. The average Bonchev–Trinajstić information content (AvgIpc) is 3.15. The molecule has 9 heteroatoms. The third kappa shape index (κ3) is 4.45. The number of nitrogens with zero attached hydrogens (tertiary/aromatic N) is 2. The number of amides is 4. The van der Waals surface area contributed by atoms with Gasteiger partial charge in [-0.3, -0.25) is 34.9 Å². The molecule has 0 radical (unpaired) electrons. The molecular formula is C26H30N4O5. The van der Waals surface area contributed by atoms with Gasteiger partial charge in [-0.2, -0.15) is 0 Å². The Kier molecular flexibility index (Phi) is 6.51. The van der Waals surface area contributed by atoms with Gasteiger partial charge in [0.1, 0.15) is 11.4 Å². The van der Waals surface area contributed by atoms with E-state index in [-0.39, 0.29) is 24.8 Å². The van der Waals surface area contributed by atoms with Crippen LogP contribution in [0.25, 0.3) is 0 Å². The first-order chi connectivity index (χ1) is 16.6. The number of rotatable bonds is 6. The normalized spacial score (nSPS) is 19.7. The molecule has 2 N–H and O–H groups in total. The third-order valence-corrected chi connectivity index (χ3v) is 6.86. The van der Waals surface area contributed by atoms with Gasteiger partial charge in [0.15, 0.2) is 6.10 Å². The molecule has 2 heterocycles. The highest BCUT2D eigenvalue weighted by molar-refractivity contribution is 6.10. The highest BCUT2D eigenvalue weighted by Gasteiger charge is 2.52. The lowest BCUT2D eigenvalue weighted by atomic mass is 9.98. The zero-order valence-corrected chi connectivity index (χ0v) is 20.4. The zero-order chi connectivity index (χ0) is 25.3. The van der Waals surface area contributed by atoms with Gasteiger partial charge in [-0.25, -0.2) is 0 Å². The maximum atomic E-state index is 13.2. The van der Waals surface area contributed by atoms with Gasteiger partial charge >= 0.3 is 0 Å². The maximum Gasteiger partial charge on any atom is 0.279 e. The lowest BCUT2D eigenvalue weighted by molar-refractivity contribution is -0.132. The number of nitrogens with one attached hydrogen (secondary N) is 2. The Morgan fingerprint density at radius 2 is 1.83 bits per heavy atom. The summed E-state index contributed by atoms with van der Waals surface area (Å²) in [6.45, 7) is 7.41. The zero-order valence-electron chi connectivity index (χ0n) is 20.4. The average molecular weight is 479 g/mol. The maximum absolute atomic E-state index is 13.2. The number of aryl methyl sites for hydroxylation is 1. The summed E-state index contributed by atoms with van der Waals surface area (Å²) in [4.78, 5) is 54.0. The van der Waals surface area contributed by atoms with Crippen LogP contribution in [0, 0.1) is 13.8 Å². The van der Waals surface area contributed by atoms with Gasteiger partial charge in [0.25, 0.3) is 11.8 Å². The van der Waals surface area contributed by atoms with Crippen LogP contribution in [-0.4, -0.2) is 46.8 Å². The second-order valence-electron chi connectivity index (χ2n) is 9.17. The van der Waals surface area contributed by atoms with Crippen molar-refractivity contribution in [3.63, 3.8) is 0 Å². The Hall–Kier alpha value is -3.88. The van der Waals surface area contributed by atoms with Crippen molar-refractivity contribution < 1.29 is 23.9 Å². The molecule has 0 aromatic heterocycles. The Balaban J connectivity index is 1.35. The molecule has 4 rings (SSSR count). The number of fused-ring (bicyclic) bond motifs is 3. The van der Waals surface area contributed by atoms with Crippen LogP contribution in [0.4, 0.5) is 5.69 Å². The van der Waals surface area contributed by atoms with Crippen LogP contribution in [-0.2, 0) is 14.4 Å². The first kappa shape index (κ1) is 24.3. The van der Waals surface area contributed by atoms with Crippen molar-refractivity contribution in [1.82, 2.24) is 15.8 Å². The summed E-state index contributed by atoms with van der Waals surface area (Å²) < 4.78 is 5.74. The first-order valence-corrected chi connectivity index (χ1v) is 11.7. The van der Waals surface area contributed by atoms with Gasteiger partial charge < -0.3 is 9.64 Å². The lowest BCUT2D eigenvalue weighted by Crippen LogP contribution is -2.62. The molecular weight excluding hydrogens is 448 g/mol. The molecule has 2 aliphatic rings. The van der Waals surface area contributed by atoms with Crippen LogP contribution < -0.4 is 20.5 Å². The topological polar surface area (TPSA) is 108 Å². The van der Waals surface area contributed by atoms with Gasteiger partial charge in [-0.05, 0) is 63.4 Å². The third-order valence-electron chi connectivity index (χ3n) is 6.86. The SMILES string of the molecule is Cc1cccc(O[C@H](C)C(=O)NNC(=O)CCN2C(=O)c3ccccc3N3C(=O)CC[C@]23C)c1C. The number of hydrazine groups is 1. The Bertz CT molecular complexity index is 1200. The second kappa shape index (κ2) is 9.40. The number of benzene rings is 2. The van der Waals surface area contributed by atoms with Crippen molar-refractivity contribution >= 4 is 29.3 Å². The summed E-state index contributed by atoms with van der Waals surface area (Å²) in [7, 11) is 0. The van der Waals surface area contributed by atoms with Crippen LogP contribution in [0.15, 0.2) is 42.5 Å². The molecule has 1 fully saturated rings. The summed E-state index contributed by atoms with van der Waals surface area (Å²) in [5, 5.41) is 0. The molecule has 0 saturated carbocycles. The molecule has 0 bridgehead atoms. The van der Waals surface area contributed by atoms with Crippen molar-refractivity contribution in [2.75, 3.05) is 11.4 Å². The highest BCUT2D eigenvalue weighted by Crippen LogP contribution is 2.43. The number of carbonyl (C=O) groups excluding carboxylic acids is 4. The fourth-order valence-electron chi connectivity index (χ4n) is 4.65. The Labute approximate surface area is 204 Å². The van der Waals surface area contributed by atoms with Crippen LogP contribution in [0.1, 0.15) is 54.6 Å². The summed E-state index contributed by atoms with van der Waals surface area (Å²) >= 11 is 0. The van der Waals surface area contributed by atoms with Crippen molar-refractivity contribution in [2.45, 2.75) is 58.7 Å². The second-order valence-corrected chi connectivity index (χ2v) is 9.17. The molecule has 35 heavy (non-hydrogen) atoms. The number of anilines is 1. The number of carbonyl (C=O) groups is 4. The fourth-order valence-corrected chi connectivity index (χ4v) is 4.65. The van der Waals surface area contributed by atoms with Crippen molar-refractivity contribution in [2.24, 2.45) is 0 Å². The van der Waals surface area contributed by atoms with E-state index in [1.807, 2.05) is 32.9 Å². The van der Waals surface area contributed by atoms with Crippen LogP contribution in [0.2, 0.25) is 0 Å². The van der Waals surface area contributed by atoms with Crippen LogP contribution >= 0.6 is 0 Å². The Morgan fingerprint density at radius 3 is 2.60 bits per heavy atom. The number of para-hydroxylation sites is 1. The summed E-state index contributed by atoms with van der Waals surface area (Å²) in [5.41, 5.74) is 6.98. The number of ether oxygens (including phenoxy) is 1. The van der Waals surface area contributed by atoms with Crippen molar-refractivity contribution in [3.05, 3.63) is 59.2 Å². The van der Waals surface area contributed by atoms with Gasteiger partial charge in [-0.15, -0.1) is 0 Å². The van der Waals surface area contributed by atoms with Crippen LogP contribution in [0.3, 0.4) is 0 Å². The molecule has 4 amide bonds. The minimum absolute atomic E-state index is 0.0436. The van der Waals surface area contributed by atoms with Gasteiger partial charge in [0.05, 0.1) is 11.3 Å². The van der Waals surface area contributed by atoms with E-state index in [0.717, 1.165) is 11.1 Å². The van der Waals surface area contributed by atoms with Gasteiger partial charge in [-0.1, -0.05) is 24.3 Å². The smallest absolute Gasteiger partial charge is 0.279 e. The van der Waals surface area contributed by atoms with E-state index in [1.165, 1.54) is 0 Å². The molecule has 2 aromatic carbocycles. The molecule has 1 saturated heterocycles. The van der Waals surface area contributed by atoms with E-state index >= 15 is 0 Å². The van der Waals surface area contributed by atoms with E-state index in [1.54, 1.807) is 47.1 Å². The van der Waals surface area contributed by atoms with E-state index in [9.17, 15) is 19.2 Å². The molecule has 9 nitrogen and oxygen atoms in total. The predicted octanol–water partition coefficient (Wildman–Crippen LogP) is 2.61. The summed E-state index contributed by atoms with van der Waals surface area (Å²) in [6, 6.07) is 12.6. The predicted molar refractivity (Wildman–Crippen MR) is 130 cm³/mol. The van der Waals surface area contributed by atoms with E-state index < -0.39 is 23.6 Å². The molecule has 2 aliphatic heterocycles. The van der Waals surface area contributed by atoms with Gasteiger partial charge in [0, 0.05) is 19.4 Å². The molecule has 0 spiro atoms. The minimum Gasteiger partial charge on any atom is -0.481 e. The number of hydrogen-bond acceptors (Lipinski definition) is 5. The van der Waals surface area contributed by atoms with E-state index in [4.69, 9.17) is 4.74 Å². The molecule has 2 atom stereocenters. The van der Waals surface area contributed by atoms with Crippen molar-refractivity contribution in [3.8, 4) is 5.75 Å². The largest absolute Gasteiger partial charge is 0.481 e. The summed E-state index contributed by atoms with van der Waals surface area (Å²) in [5.74, 6) is -0.620. The number of hydrogen-bond donors (Lipinski definition) is 2. The summed E-state index contributed by atoms with van der Waals surface area (Å²) in [6.07, 6.45) is -0.0574. The highest BCUT2D eigenvalue weighted by atomic mass is 16.5.